The van der Waals surface area contributed by atoms with Crippen LogP contribution in [0.3, 0.4) is 0 Å². The van der Waals surface area contributed by atoms with Crippen molar-refractivity contribution in [3.63, 3.8) is 0 Å². The molecule has 1 aliphatic carbocycles. The van der Waals surface area contributed by atoms with Gasteiger partial charge in [-0.1, -0.05) is 20.8 Å². The number of hydrogen-bond donors (Lipinski definition) is 0. The Morgan fingerprint density at radius 3 is 2.78 bits per heavy atom. The molecule has 0 aromatic carbocycles. The lowest BCUT2D eigenvalue weighted by Gasteiger charge is -2.33. The van der Waals surface area contributed by atoms with Crippen LogP contribution in [0, 0.1) is 35.3 Å². The summed E-state index contributed by atoms with van der Waals surface area (Å²) in [4.78, 5) is 22.9. The number of furan rings is 1. The average molecular weight is 506 g/mol. The summed E-state index contributed by atoms with van der Waals surface area (Å²) in [6.07, 6.45) is 4.99. The summed E-state index contributed by atoms with van der Waals surface area (Å²) in [5.74, 6) is 2.30. The molecule has 0 aliphatic heterocycles. The van der Waals surface area contributed by atoms with E-state index in [-0.39, 0.29) is 17.6 Å². The molecule has 0 fully saturated rings. The fourth-order valence-electron chi connectivity index (χ4n) is 5.25. The zero-order chi connectivity index (χ0) is 25.4. The van der Waals surface area contributed by atoms with Crippen molar-refractivity contribution in [1.82, 2.24) is 29.4 Å². The van der Waals surface area contributed by atoms with Gasteiger partial charge in [-0.15, -0.1) is 16.4 Å². The molecule has 0 saturated heterocycles. The zero-order valence-electron chi connectivity index (χ0n) is 20.9. The number of hydrogen-bond acceptors (Lipinski definition) is 8. The van der Waals surface area contributed by atoms with E-state index < -0.39 is 4.92 Å². The molecule has 0 spiro atoms. The highest BCUT2D eigenvalue weighted by Crippen LogP contribution is 2.43. The molecule has 0 amide bonds. The van der Waals surface area contributed by atoms with Gasteiger partial charge in [0.25, 0.3) is 0 Å². The van der Waals surface area contributed by atoms with Crippen LogP contribution in [0.25, 0.3) is 27.4 Å². The Morgan fingerprint density at radius 1 is 1.25 bits per heavy atom. The third kappa shape index (κ3) is 3.60. The molecular formula is C25H27N7O3S. The van der Waals surface area contributed by atoms with E-state index in [0.717, 1.165) is 35.1 Å². The van der Waals surface area contributed by atoms with Crippen molar-refractivity contribution < 1.29 is 9.34 Å². The Morgan fingerprint density at radius 2 is 2.06 bits per heavy atom. The topological polar surface area (TPSA) is 117 Å². The van der Waals surface area contributed by atoms with Gasteiger partial charge in [0.2, 0.25) is 5.82 Å². The van der Waals surface area contributed by atoms with Gasteiger partial charge in [-0.05, 0) is 62.1 Å². The van der Waals surface area contributed by atoms with Crippen LogP contribution in [0.2, 0.25) is 0 Å². The van der Waals surface area contributed by atoms with Gasteiger partial charge in [0.1, 0.15) is 28.3 Å². The summed E-state index contributed by atoms with van der Waals surface area (Å²) in [5, 5.41) is 21.4. The monoisotopic (exact) mass is 505 g/mol. The van der Waals surface area contributed by atoms with Gasteiger partial charge in [-0.2, -0.15) is 5.10 Å². The first-order chi connectivity index (χ1) is 17.1. The van der Waals surface area contributed by atoms with Crippen molar-refractivity contribution in [3.8, 4) is 11.6 Å². The van der Waals surface area contributed by atoms with E-state index in [9.17, 15) is 10.1 Å². The Bertz CT molecular complexity index is 1650. The number of thiophene rings is 1. The van der Waals surface area contributed by atoms with Crippen LogP contribution in [0.5, 0.6) is 0 Å². The molecule has 186 valence electrons. The van der Waals surface area contributed by atoms with Gasteiger partial charge in [0.15, 0.2) is 11.4 Å². The summed E-state index contributed by atoms with van der Waals surface area (Å²) in [7, 11) is 0. The number of aromatic nitrogens is 6. The van der Waals surface area contributed by atoms with Gasteiger partial charge in [0, 0.05) is 4.88 Å². The van der Waals surface area contributed by atoms with Crippen LogP contribution in [-0.4, -0.2) is 34.3 Å². The minimum Gasteiger partial charge on any atom is -0.456 e. The minimum absolute atomic E-state index is 0.0354. The Kier molecular flexibility index (Phi) is 5.05. The van der Waals surface area contributed by atoms with Crippen LogP contribution in [0.4, 0.5) is 5.69 Å². The van der Waals surface area contributed by atoms with Gasteiger partial charge >= 0.3 is 5.69 Å². The lowest BCUT2D eigenvalue weighted by Crippen LogP contribution is -2.26. The Balaban J connectivity index is 1.34. The predicted molar refractivity (Wildman–Crippen MR) is 136 cm³/mol. The average Bonchev–Trinajstić information content (AvgIpc) is 3.56. The van der Waals surface area contributed by atoms with Gasteiger partial charge in [-0.3, -0.25) is 14.8 Å². The fourth-order valence-corrected chi connectivity index (χ4v) is 6.52. The highest BCUT2D eigenvalue weighted by Gasteiger charge is 2.32. The van der Waals surface area contributed by atoms with Gasteiger partial charge in [0.05, 0.1) is 16.9 Å². The van der Waals surface area contributed by atoms with Crippen molar-refractivity contribution in [2.75, 3.05) is 0 Å². The zero-order valence-corrected chi connectivity index (χ0v) is 21.7. The van der Waals surface area contributed by atoms with Crippen LogP contribution in [-0.2, 0) is 19.4 Å². The molecule has 10 nitrogen and oxygen atoms in total. The van der Waals surface area contributed by atoms with Gasteiger partial charge in [-0.25, -0.2) is 14.5 Å². The second kappa shape index (κ2) is 7.95. The van der Waals surface area contributed by atoms with E-state index >= 15 is 0 Å². The van der Waals surface area contributed by atoms with Crippen LogP contribution >= 0.6 is 11.3 Å². The predicted octanol–water partition coefficient (Wildman–Crippen LogP) is 5.52. The molecule has 0 bridgehead atoms. The lowest BCUT2D eigenvalue weighted by atomic mass is 9.72. The van der Waals surface area contributed by atoms with Crippen molar-refractivity contribution in [1.29, 1.82) is 0 Å². The number of nitro groups is 1. The Labute approximate surface area is 211 Å². The molecule has 1 aliphatic rings. The normalized spacial score (nSPS) is 16.2. The SMILES string of the molecule is Cc1nn(Cc2ccc(-c3nc4c5c6c(sc5ncn4n3)C[C@H](C(C)(C)C)CC6)o2)c(C)c1[N+](=O)[O-]. The lowest BCUT2D eigenvalue weighted by molar-refractivity contribution is -0.386. The molecule has 36 heavy (non-hydrogen) atoms. The third-order valence-electron chi connectivity index (χ3n) is 7.32. The molecule has 5 aromatic heterocycles. The highest BCUT2D eigenvalue weighted by atomic mass is 32.1. The molecule has 0 radical (unpaired) electrons. The molecule has 5 aromatic rings. The fraction of sp³-hybridized carbons (Fsp3) is 0.440. The molecule has 11 heteroatoms. The van der Waals surface area contributed by atoms with E-state index in [1.54, 1.807) is 40.7 Å². The van der Waals surface area contributed by atoms with E-state index in [0.29, 0.717) is 34.7 Å². The number of aryl methyl sites for hydroxylation is 2. The largest absolute Gasteiger partial charge is 0.456 e. The second-order valence-electron chi connectivity index (χ2n) is 10.6. The maximum atomic E-state index is 11.3. The third-order valence-corrected chi connectivity index (χ3v) is 8.49. The maximum Gasteiger partial charge on any atom is 0.312 e. The van der Waals surface area contributed by atoms with Crippen molar-refractivity contribution in [2.45, 2.75) is 60.4 Å². The molecule has 0 unspecified atom stereocenters. The van der Waals surface area contributed by atoms with E-state index in [1.165, 1.54) is 10.4 Å². The molecule has 1 atom stereocenters. The molecule has 6 rings (SSSR count). The maximum absolute atomic E-state index is 11.3. The molecule has 0 N–H and O–H groups in total. The smallest absolute Gasteiger partial charge is 0.312 e. The summed E-state index contributed by atoms with van der Waals surface area (Å²) >= 11 is 1.78. The first-order valence-electron chi connectivity index (χ1n) is 12.0. The number of nitrogens with zero attached hydrogens (tertiary/aromatic N) is 7. The number of rotatable bonds is 4. The minimum atomic E-state index is -0.399. The standard InChI is InChI=1S/C25H27N7O3S/c1-13-21(32(33)34)14(2)30(28-13)11-16-7-9-18(35-16)22-27-23-20-17-8-6-15(25(3,4)5)10-19(17)36-24(20)26-12-31(23)29-22/h7,9,12,15H,6,8,10-11H2,1-5H3/t15-/m1/s1. The highest BCUT2D eigenvalue weighted by molar-refractivity contribution is 7.19. The van der Waals surface area contributed by atoms with Crippen LogP contribution < -0.4 is 0 Å². The molecular weight excluding hydrogens is 478 g/mol. The molecule has 0 saturated carbocycles. The first-order valence-corrected chi connectivity index (χ1v) is 12.8. The van der Waals surface area contributed by atoms with E-state index in [4.69, 9.17) is 9.40 Å². The first kappa shape index (κ1) is 22.8. The van der Waals surface area contributed by atoms with E-state index in [1.807, 2.05) is 12.1 Å². The summed E-state index contributed by atoms with van der Waals surface area (Å²) in [6.45, 7) is 10.6. The second-order valence-corrected chi connectivity index (χ2v) is 11.7. The number of fused-ring (bicyclic) bond motifs is 5. The van der Waals surface area contributed by atoms with Crippen molar-refractivity contribution >= 4 is 32.9 Å². The van der Waals surface area contributed by atoms with E-state index in [2.05, 4.69) is 36.0 Å². The Hall–Kier alpha value is -3.60. The van der Waals surface area contributed by atoms with Crippen LogP contribution in [0.15, 0.2) is 22.9 Å². The summed E-state index contributed by atoms with van der Waals surface area (Å²) < 4.78 is 9.35. The quantitative estimate of drug-likeness (QED) is 0.233. The summed E-state index contributed by atoms with van der Waals surface area (Å²) in [6, 6.07) is 3.65. The molecule has 5 heterocycles. The van der Waals surface area contributed by atoms with Crippen LogP contribution in [0.1, 0.15) is 54.8 Å². The van der Waals surface area contributed by atoms with Gasteiger partial charge < -0.3 is 4.42 Å². The summed E-state index contributed by atoms with van der Waals surface area (Å²) in [5.41, 5.74) is 3.36. The van der Waals surface area contributed by atoms with Crippen molar-refractivity contribution in [2.24, 2.45) is 11.3 Å². The van der Waals surface area contributed by atoms with Crippen molar-refractivity contribution in [3.05, 3.63) is 56.2 Å².